The second-order valence-corrected chi connectivity index (χ2v) is 4.55. The topological polar surface area (TPSA) is 72.7 Å². The van der Waals surface area contributed by atoms with Crippen molar-refractivity contribution in [3.63, 3.8) is 0 Å². The molecule has 2 aromatic rings. The molecule has 0 aromatic carbocycles. The normalized spacial score (nSPS) is 10.7. The van der Waals surface area contributed by atoms with E-state index in [4.69, 9.17) is 4.84 Å². The van der Waals surface area contributed by atoms with Gasteiger partial charge in [-0.25, -0.2) is 10.5 Å². The lowest BCUT2D eigenvalue weighted by molar-refractivity contribution is 0.0362. The molecule has 2 rings (SSSR count). The van der Waals surface area contributed by atoms with Crippen molar-refractivity contribution in [2.45, 2.75) is 13.8 Å². The molecule has 0 aliphatic carbocycles. The predicted molar refractivity (Wildman–Crippen MR) is 63.2 cm³/mol. The molecule has 0 aliphatic rings. The van der Waals surface area contributed by atoms with Gasteiger partial charge in [0.15, 0.2) is 4.96 Å². The van der Waals surface area contributed by atoms with Crippen LogP contribution in [0.1, 0.15) is 22.2 Å². The number of nitrogens with zero attached hydrogens (tertiary/aromatic N) is 2. The Morgan fingerprint density at radius 3 is 3.12 bits per heavy atom. The number of amides is 1. The third kappa shape index (κ3) is 2.20. The Morgan fingerprint density at radius 1 is 1.65 bits per heavy atom. The Kier molecular flexibility index (Phi) is 3.21. The summed E-state index contributed by atoms with van der Waals surface area (Å²) in [6, 6.07) is 0. The second-order valence-electron chi connectivity index (χ2n) is 3.34. The highest BCUT2D eigenvalue weighted by molar-refractivity contribution is 7.16. The van der Waals surface area contributed by atoms with Crippen LogP contribution in [-0.2, 0) is 4.84 Å². The molecular weight excluding hydrogens is 242 g/mol. The quantitative estimate of drug-likeness (QED) is 0.819. The SMILES string of the molecule is CCONC(=O)c1cnc2sc(C)cn2c1=O. The summed E-state index contributed by atoms with van der Waals surface area (Å²) >= 11 is 1.39. The number of aryl methyl sites for hydroxylation is 1. The van der Waals surface area contributed by atoms with Gasteiger partial charge in [-0.2, -0.15) is 0 Å². The molecule has 0 bridgehead atoms. The van der Waals surface area contributed by atoms with Crippen LogP contribution in [0.25, 0.3) is 4.96 Å². The molecular formula is C10H11N3O3S. The van der Waals surface area contributed by atoms with Crippen LogP contribution < -0.4 is 11.0 Å². The smallest absolute Gasteiger partial charge is 0.274 e. The van der Waals surface area contributed by atoms with Gasteiger partial charge in [0.1, 0.15) is 5.56 Å². The largest absolute Gasteiger partial charge is 0.282 e. The average Bonchev–Trinajstić information content (AvgIpc) is 2.68. The molecule has 0 fully saturated rings. The Morgan fingerprint density at radius 2 is 2.41 bits per heavy atom. The van der Waals surface area contributed by atoms with E-state index in [9.17, 15) is 9.59 Å². The molecule has 0 aliphatic heterocycles. The van der Waals surface area contributed by atoms with Crippen LogP contribution in [0.2, 0.25) is 0 Å². The van der Waals surface area contributed by atoms with Crippen molar-refractivity contribution in [3.05, 3.63) is 33.2 Å². The number of thiazole rings is 1. The fourth-order valence-corrected chi connectivity index (χ4v) is 2.13. The molecule has 0 spiro atoms. The minimum Gasteiger partial charge on any atom is -0.274 e. The van der Waals surface area contributed by atoms with Crippen LogP contribution in [0.3, 0.4) is 0 Å². The molecule has 6 nitrogen and oxygen atoms in total. The van der Waals surface area contributed by atoms with Gasteiger partial charge in [-0.05, 0) is 13.8 Å². The summed E-state index contributed by atoms with van der Waals surface area (Å²) in [4.78, 5) is 33.9. The molecule has 17 heavy (non-hydrogen) atoms. The number of carbonyl (C=O) groups excluding carboxylic acids is 1. The Bertz CT molecular complexity index is 617. The maximum absolute atomic E-state index is 12.0. The van der Waals surface area contributed by atoms with Crippen molar-refractivity contribution in [3.8, 4) is 0 Å². The van der Waals surface area contributed by atoms with E-state index in [1.807, 2.05) is 6.92 Å². The number of carbonyl (C=O) groups is 1. The number of fused-ring (bicyclic) bond motifs is 1. The van der Waals surface area contributed by atoms with E-state index in [1.165, 1.54) is 21.9 Å². The van der Waals surface area contributed by atoms with Gasteiger partial charge in [0.25, 0.3) is 11.5 Å². The van der Waals surface area contributed by atoms with Crippen molar-refractivity contribution in [2.75, 3.05) is 6.61 Å². The van der Waals surface area contributed by atoms with Gasteiger partial charge in [-0.3, -0.25) is 18.8 Å². The van der Waals surface area contributed by atoms with E-state index in [0.29, 0.717) is 11.6 Å². The summed E-state index contributed by atoms with van der Waals surface area (Å²) in [7, 11) is 0. The van der Waals surface area contributed by atoms with Crippen LogP contribution >= 0.6 is 11.3 Å². The van der Waals surface area contributed by atoms with E-state index in [1.54, 1.807) is 13.1 Å². The summed E-state index contributed by atoms with van der Waals surface area (Å²) < 4.78 is 1.36. The Hall–Kier alpha value is -1.73. The zero-order valence-corrected chi connectivity index (χ0v) is 10.2. The first-order valence-electron chi connectivity index (χ1n) is 5.03. The maximum atomic E-state index is 12.0. The van der Waals surface area contributed by atoms with Crippen molar-refractivity contribution >= 4 is 22.2 Å². The molecule has 0 atom stereocenters. The van der Waals surface area contributed by atoms with Gasteiger partial charge in [0.2, 0.25) is 0 Å². The van der Waals surface area contributed by atoms with Crippen molar-refractivity contribution in [1.82, 2.24) is 14.9 Å². The molecule has 90 valence electrons. The highest BCUT2D eigenvalue weighted by Gasteiger charge is 2.14. The summed E-state index contributed by atoms with van der Waals surface area (Å²) in [5.74, 6) is -0.581. The van der Waals surface area contributed by atoms with Gasteiger partial charge in [-0.15, -0.1) is 11.3 Å². The van der Waals surface area contributed by atoms with Gasteiger partial charge >= 0.3 is 0 Å². The van der Waals surface area contributed by atoms with Gasteiger partial charge < -0.3 is 0 Å². The second kappa shape index (κ2) is 4.64. The van der Waals surface area contributed by atoms with E-state index in [2.05, 4.69) is 10.5 Å². The lowest BCUT2D eigenvalue weighted by atomic mass is 10.3. The molecule has 1 N–H and O–H groups in total. The Labute approximate surface area is 101 Å². The van der Waals surface area contributed by atoms with Crippen molar-refractivity contribution < 1.29 is 9.63 Å². The van der Waals surface area contributed by atoms with Crippen molar-refractivity contribution in [1.29, 1.82) is 0 Å². The molecule has 0 saturated carbocycles. The average molecular weight is 253 g/mol. The fraction of sp³-hybridized carbons (Fsp3) is 0.300. The molecule has 0 radical (unpaired) electrons. The van der Waals surface area contributed by atoms with Crippen LogP contribution in [-0.4, -0.2) is 21.9 Å². The molecule has 0 unspecified atom stereocenters. The molecule has 2 heterocycles. The summed E-state index contributed by atoms with van der Waals surface area (Å²) in [5.41, 5.74) is 1.75. The van der Waals surface area contributed by atoms with E-state index in [0.717, 1.165) is 4.88 Å². The minimum absolute atomic E-state index is 0.0336. The van der Waals surface area contributed by atoms with Crippen LogP contribution in [0.5, 0.6) is 0 Å². The van der Waals surface area contributed by atoms with Crippen molar-refractivity contribution in [2.24, 2.45) is 0 Å². The fourth-order valence-electron chi connectivity index (χ4n) is 1.34. The standard InChI is InChI=1S/C10H11N3O3S/c1-3-16-12-8(14)7-4-11-10-13(9(7)15)5-6(2)17-10/h4-5H,3H2,1-2H3,(H,12,14). The van der Waals surface area contributed by atoms with Gasteiger partial charge in [0, 0.05) is 17.3 Å². The number of aromatic nitrogens is 2. The van der Waals surface area contributed by atoms with Crippen LogP contribution in [0.15, 0.2) is 17.2 Å². The van der Waals surface area contributed by atoms with E-state index >= 15 is 0 Å². The van der Waals surface area contributed by atoms with E-state index < -0.39 is 11.5 Å². The zero-order chi connectivity index (χ0) is 12.4. The van der Waals surface area contributed by atoms with Crippen LogP contribution in [0.4, 0.5) is 0 Å². The number of hydrogen-bond acceptors (Lipinski definition) is 5. The number of hydroxylamine groups is 1. The monoisotopic (exact) mass is 253 g/mol. The summed E-state index contributed by atoms with van der Waals surface area (Å²) in [5, 5.41) is 0. The third-order valence-electron chi connectivity index (χ3n) is 2.08. The molecule has 0 saturated heterocycles. The maximum Gasteiger partial charge on any atom is 0.282 e. The van der Waals surface area contributed by atoms with E-state index in [-0.39, 0.29) is 5.56 Å². The zero-order valence-electron chi connectivity index (χ0n) is 9.39. The third-order valence-corrected chi connectivity index (χ3v) is 2.99. The van der Waals surface area contributed by atoms with Gasteiger partial charge in [-0.1, -0.05) is 0 Å². The predicted octanol–water partition coefficient (Wildman–Crippen LogP) is 0.746. The van der Waals surface area contributed by atoms with Crippen LogP contribution in [0, 0.1) is 6.92 Å². The summed E-state index contributed by atoms with van der Waals surface area (Å²) in [6.07, 6.45) is 2.93. The lowest BCUT2D eigenvalue weighted by Crippen LogP contribution is -2.31. The number of nitrogens with one attached hydrogen (secondary N) is 1. The molecule has 7 heteroatoms. The number of hydrogen-bond donors (Lipinski definition) is 1. The lowest BCUT2D eigenvalue weighted by Gasteiger charge is -2.02. The first-order chi connectivity index (χ1) is 8.13. The Balaban J connectivity index is 2.45. The molecule has 2 aromatic heterocycles. The van der Waals surface area contributed by atoms with Gasteiger partial charge in [0.05, 0.1) is 6.61 Å². The first kappa shape index (κ1) is 11.7. The highest BCUT2D eigenvalue weighted by Crippen LogP contribution is 2.12. The first-order valence-corrected chi connectivity index (χ1v) is 5.85. The molecule has 1 amide bonds. The summed E-state index contributed by atoms with van der Waals surface area (Å²) in [6.45, 7) is 3.94. The number of rotatable bonds is 3. The minimum atomic E-state index is -0.581. The highest BCUT2D eigenvalue weighted by atomic mass is 32.1.